The van der Waals surface area contributed by atoms with Gasteiger partial charge in [0.05, 0.1) is 6.04 Å². The first-order chi connectivity index (χ1) is 12.2. The second-order valence-corrected chi connectivity index (χ2v) is 6.30. The Morgan fingerprint density at radius 1 is 1.23 bits per heavy atom. The maximum atomic E-state index is 14.2. The van der Waals surface area contributed by atoms with Crippen LogP contribution in [0.25, 0.3) is 0 Å². The first kappa shape index (κ1) is 21.8. The third kappa shape index (κ3) is 6.25. The van der Waals surface area contributed by atoms with Crippen molar-refractivity contribution in [1.82, 2.24) is 10.6 Å². The molecule has 0 heterocycles. The topological polar surface area (TPSA) is 87.7 Å². The van der Waals surface area contributed by atoms with Gasteiger partial charge >= 0.3 is 12.0 Å². The first-order valence-electron chi connectivity index (χ1n) is 8.51. The van der Waals surface area contributed by atoms with Gasteiger partial charge in [-0.15, -0.1) is 0 Å². The van der Waals surface area contributed by atoms with Crippen LogP contribution in [-0.4, -0.2) is 41.7 Å². The van der Waals surface area contributed by atoms with Crippen LogP contribution in [-0.2, 0) is 16.1 Å². The number of benzene rings is 1. The molecular formula is C18H26F2N2O4. The molecule has 3 N–H and O–H groups in total. The number of carbonyl (C=O) groups is 2. The first-order valence-corrected chi connectivity index (χ1v) is 8.51. The second kappa shape index (κ2) is 10.1. The van der Waals surface area contributed by atoms with Gasteiger partial charge in [-0.3, -0.25) is 4.79 Å². The normalized spacial score (nSPS) is 13.8. The average Bonchev–Trinajstić information content (AvgIpc) is 2.62. The van der Waals surface area contributed by atoms with Crippen LogP contribution in [0.15, 0.2) is 30.3 Å². The Hall–Kier alpha value is -2.22. The third-order valence-corrected chi connectivity index (χ3v) is 3.77. The van der Waals surface area contributed by atoms with Gasteiger partial charge in [0.25, 0.3) is 5.91 Å². The van der Waals surface area contributed by atoms with Crippen molar-refractivity contribution in [2.24, 2.45) is 5.92 Å². The minimum atomic E-state index is -4.04. The molecule has 1 aromatic carbocycles. The Morgan fingerprint density at radius 2 is 1.85 bits per heavy atom. The van der Waals surface area contributed by atoms with E-state index in [2.05, 4.69) is 10.6 Å². The van der Waals surface area contributed by atoms with Crippen molar-refractivity contribution in [3.05, 3.63) is 35.9 Å². The highest BCUT2D eigenvalue weighted by Crippen LogP contribution is 2.25. The van der Waals surface area contributed by atoms with E-state index in [-0.39, 0.29) is 13.2 Å². The number of aliphatic hydroxyl groups is 1. The van der Waals surface area contributed by atoms with Crippen LogP contribution in [0.1, 0.15) is 32.8 Å². The van der Waals surface area contributed by atoms with Gasteiger partial charge in [0.1, 0.15) is 12.7 Å². The molecule has 0 spiro atoms. The molecule has 0 aromatic heterocycles. The fraction of sp³-hybridized carbons (Fsp3) is 0.556. The van der Waals surface area contributed by atoms with Crippen LogP contribution in [0.5, 0.6) is 0 Å². The molecule has 2 amide bonds. The van der Waals surface area contributed by atoms with Crippen molar-refractivity contribution in [2.45, 2.75) is 51.9 Å². The zero-order valence-electron chi connectivity index (χ0n) is 15.2. The number of hydrogen-bond acceptors (Lipinski definition) is 4. The number of nitrogens with one attached hydrogen (secondary N) is 2. The van der Waals surface area contributed by atoms with Gasteiger partial charge in [0, 0.05) is 6.54 Å². The molecule has 8 heteroatoms. The summed E-state index contributed by atoms with van der Waals surface area (Å²) in [7, 11) is 0. The van der Waals surface area contributed by atoms with E-state index in [1.807, 2.05) is 0 Å². The molecular weight excluding hydrogens is 346 g/mol. The van der Waals surface area contributed by atoms with Gasteiger partial charge < -0.3 is 20.5 Å². The standard InChI is InChI=1S/C18H26F2N2O4/c1-4-10-21-16(24)18(19,20)15(23)14(12(2)3)22-17(25)26-11-13-8-6-5-7-9-13/h5-9,12,14-15,23H,4,10-11H2,1-3H3,(H,21,24)(H,22,25)/t14-,15?/m0/s1. The summed E-state index contributed by atoms with van der Waals surface area (Å²) in [6, 6.07) is 7.48. The molecule has 1 rings (SSSR count). The number of carbonyl (C=O) groups excluding carboxylic acids is 2. The summed E-state index contributed by atoms with van der Waals surface area (Å²) in [6.07, 6.45) is -2.85. The fourth-order valence-electron chi connectivity index (χ4n) is 2.23. The molecule has 6 nitrogen and oxygen atoms in total. The summed E-state index contributed by atoms with van der Waals surface area (Å²) >= 11 is 0. The van der Waals surface area contributed by atoms with Gasteiger partial charge in [-0.05, 0) is 17.9 Å². The summed E-state index contributed by atoms with van der Waals surface area (Å²) in [5.41, 5.74) is 0.730. The highest BCUT2D eigenvalue weighted by Gasteiger charge is 2.51. The van der Waals surface area contributed by atoms with Crippen LogP contribution in [0.3, 0.4) is 0 Å². The molecule has 1 unspecified atom stereocenters. The number of hydrogen-bond donors (Lipinski definition) is 3. The SMILES string of the molecule is CCCNC(=O)C(F)(F)C(O)[C@@H](NC(=O)OCc1ccccc1)C(C)C. The molecule has 0 aliphatic heterocycles. The molecule has 0 fully saturated rings. The largest absolute Gasteiger partial charge is 0.445 e. The Labute approximate surface area is 151 Å². The average molecular weight is 372 g/mol. The van der Waals surface area contributed by atoms with E-state index < -0.39 is 36.0 Å². The lowest BCUT2D eigenvalue weighted by atomic mass is 9.94. The van der Waals surface area contributed by atoms with E-state index in [4.69, 9.17) is 4.74 Å². The molecule has 2 atom stereocenters. The van der Waals surface area contributed by atoms with Gasteiger partial charge in [-0.1, -0.05) is 51.1 Å². The summed E-state index contributed by atoms with van der Waals surface area (Å²) in [4.78, 5) is 23.5. The molecule has 0 saturated carbocycles. The summed E-state index contributed by atoms with van der Waals surface area (Å²) in [5, 5.41) is 14.3. The lowest BCUT2D eigenvalue weighted by Gasteiger charge is -2.31. The molecule has 0 saturated heterocycles. The van der Waals surface area contributed by atoms with E-state index in [0.29, 0.717) is 6.42 Å². The minimum absolute atomic E-state index is 0.0407. The van der Waals surface area contributed by atoms with E-state index in [1.54, 1.807) is 51.1 Å². The maximum absolute atomic E-state index is 14.2. The predicted octanol–water partition coefficient (Wildman–Crippen LogP) is 2.46. The number of alkyl carbamates (subject to hydrolysis) is 1. The van der Waals surface area contributed by atoms with Crippen LogP contribution in [0.2, 0.25) is 0 Å². The van der Waals surface area contributed by atoms with Crippen molar-refractivity contribution in [2.75, 3.05) is 6.54 Å². The van der Waals surface area contributed by atoms with Crippen molar-refractivity contribution >= 4 is 12.0 Å². The van der Waals surface area contributed by atoms with E-state index >= 15 is 0 Å². The van der Waals surface area contributed by atoms with Crippen molar-refractivity contribution in [3.63, 3.8) is 0 Å². The Morgan fingerprint density at radius 3 is 2.38 bits per heavy atom. The highest BCUT2D eigenvalue weighted by atomic mass is 19.3. The van der Waals surface area contributed by atoms with Gasteiger partial charge in [-0.25, -0.2) is 4.79 Å². The highest BCUT2D eigenvalue weighted by molar-refractivity contribution is 5.84. The minimum Gasteiger partial charge on any atom is -0.445 e. The van der Waals surface area contributed by atoms with E-state index in [0.717, 1.165) is 5.56 Å². The van der Waals surface area contributed by atoms with Crippen LogP contribution >= 0.6 is 0 Å². The third-order valence-electron chi connectivity index (χ3n) is 3.77. The lowest BCUT2D eigenvalue weighted by Crippen LogP contribution is -2.59. The monoisotopic (exact) mass is 372 g/mol. The smallest absolute Gasteiger partial charge is 0.407 e. The van der Waals surface area contributed by atoms with Crippen LogP contribution < -0.4 is 10.6 Å². The predicted molar refractivity (Wildman–Crippen MR) is 92.6 cm³/mol. The maximum Gasteiger partial charge on any atom is 0.407 e. The summed E-state index contributed by atoms with van der Waals surface area (Å²) in [5.74, 6) is -6.17. The molecule has 1 aromatic rings. The molecule has 0 bridgehead atoms. The number of alkyl halides is 2. The Kier molecular flexibility index (Phi) is 8.44. The Balaban J connectivity index is 2.71. The lowest BCUT2D eigenvalue weighted by molar-refractivity contribution is -0.168. The van der Waals surface area contributed by atoms with Crippen LogP contribution in [0, 0.1) is 5.92 Å². The summed E-state index contributed by atoms with van der Waals surface area (Å²) in [6.45, 7) is 4.84. The van der Waals surface area contributed by atoms with Crippen molar-refractivity contribution < 1.29 is 28.2 Å². The number of rotatable bonds is 9. The molecule has 0 aliphatic carbocycles. The second-order valence-electron chi connectivity index (χ2n) is 6.30. The van der Waals surface area contributed by atoms with E-state index in [9.17, 15) is 23.5 Å². The molecule has 0 aliphatic rings. The van der Waals surface area contributed by atoms with E-state index in [1.165, 1.54) is 0 Å². The number of halogens is 2. The van der Waals surface area contributed by atoms with Crippen molar-refractivity contribution in [3.8, 4) is 0 Å². The fourth-order valence-corrected chi connectivity index (χ4v) is 2.23. The summed E-state index contributed by atoms with van der Waals surface area (Å²) < 4.78 is 33.4. The van der Waals surface area contributed by atoms with Crippen LogP contribution in [0.4, 0.5) is 13.6 Å². The number of amides is 2. The van der Waals surface area contributed by atoms with Gasteiger partial charge in [-0.2, -0.15) is 8.78 Å². The Bertz CT molecular complexity index is 582. The van der Waals surface area contributed by atoms with Crippen molar-refractivity contribution in [1.29, 1.82) is 0 Å². The zero-order valence-corrected chi connectivity index (χ0v) is 15.2. The number of aliphatic hydroxyl groups excluding tert-OH is 1. The van der Waals surface area contributed by atoms with Gasteiger partial charge in [0.2, 0.25) is 0 Å². The molecule has 26 heavy (non-hydrogen) atoms. The molecule has 0 radical (unpaired) electrons. The molecule has 146 valence electrons. The quantitative estimate of drug-likeness (QED) is 0.621. The number of ether oxygens (including phenoxy) is 1. The van der Waals surface area contributed by atoms with Gasteiger partial charge in [0.15, 0.2) is 0 Å². The zero-order chi connectivity index (χ0) is 19.7.